The number of hydrogen-bond acceptors (Lipinski definition) is 3. The van der Waals surface area contributed by atoms with Crippen molar-refractivity contribution >= 4 is 27.8 Å². The van der Waals surface area contributed by atoms with E-state index < -0.39 is 0 Å². The Bertz CT molecular complexity index is 1650. The van der Waals surface area contributed by atoms with Crippen LogP contribution in [-0.4, -0.2) is 4.98 Å². The second-order valence-electron chi connectivity index (χ2n) is 8.85. The Kier molecular flexibility index (Phi) is 4.78. The molecular weight excluding hydrogens is 440 g/mol. The Balaban J connectivity index is 1.63. The van der Waals surface area contributed by atoms with Crippen molar-refractivity contribution in [2.75, 3.05) is 4.90 Å². The predicted molar refractivity (Wildman–Crippen MR) is 147 cm³/mol. The first-order chi connectivity index (χ1) is 17.9. The van der Waals surface area contributed by atoms with Crippen molar-refractivity contribution in [3.8, 4) is 33.8 Å². The molecule has 0 unspecified atom stereocenters. The first-order valence-electron chi connectivity index (χ1n) is 12.1. The number of nitrogens with zero attached hydrogens (tertiary/aromatic N) is 2. The van der Waals surface area contributed by atoms with Crippen LogP contribution in [0.1, 0.15) is 0 Å². The molecule has 1 aromatic heterocycles. The van der Waals surface area contributed by atoms with E-state index in [4.69, 9.17) is 9.72 Å². The van der Waals surface area contributed by atoms with Crippen LogP contribution in [0.5, 0.6) is 11.5 Å². The van der Waals surface area contributed by atoms with Gasteiger partial charge in [-0.25, -0.2) is 0 Å². The van der Waals surface area contributed by atoms with E-state index in [9.17, 15) is 0 Å². The smallest absolute Gasteiger partial charge is 0.152 e. The van der Waals surface area contributed by atoms with Crippen LogP contribution in [0.25, 0.3) is 33.0 Å². The number of ether oxygens (including phenoxy) is 1. The summed E-state index contributed by atoms with van der Waals surface area (Å²) in [6.07, 6.45) is 3.94. The molecule has 1 aliphatic heterocycles. The average Bonchev–Trinajstić information content (AvgIpc) is 2.96. The molecule has 0 amide bonds. The number of benzene rings is 5. The molecule has 0 spiro atoms. The zero-order valence-electron chi connectivity index (χ0n) is 19.5. The Labute approximate surface area is 209 Å². The van der Waals surface area contributed by atoms with Crippen molar-refractivity contribution < 1.29 is 4.74 Å². The maximum absolute atomic E-state index is 6.47. The van der Waals surface area contributed by atoms with Crippen molar-refractivity contribution in [2.45, 2.75) is 0 Å². The van der Waals surface area contributed by atoms with Crippen LogP contribution < -0.4 is 9.64 Å². The third-order valence-corrected chi connectivity index (χ3v) is 6.72. The van der Waals surface area contributed by atoms with Gasteiger partial charge in [0.05, 0.1) is 17.1 Å². The predicted octanol–water partition coefficient (Wildman–Crippen LogP) is 9.14. The maximum Gasteiger partial charge on any atom is 0.152 e. The van der Waals surface area contributed by atoms with Crippen LogP contribution in [0.2, 0.25) is 0 Å². The van der Waals surface area contributed by atoms with Crippen molar-refractivity contribution in [1.82, 2.24) is 4.98 Å². The number of aromatic nitrogens is 1. The Morgan fingerprint density at radius 1 is 0.500 bits per heavy atom. The van der Waals surface area contributed by atoms with Crippen LogP contribution in [0, 0.1) is 0 Å². The van der Waals surface area contributed by atoms with Crippen molar-refractivity contribution in [1.29, 1.82) is 0 Å². The minimum absolute atomic E-state index is 0.829. The van der Waals surface area contributed by atoms with E-state index in [1.54, 1.807) is 0 Å². The van der Waals surface area contributed by atoms with Gasteiger partial charge in [-0.3, -0.25) is 4.98 Å². The van der Waals surface area contributed by atoms with E-state index in [1.165, 1.54) is 5.39 Å². The lowest BCUT2D eigenvalue weighted by atomic mass is 9.95. The number of anilines is 3. The molecular formula is C33H22N2O. The van der Waals surface area contributed by atoms with E-state index in [2.05, 4.69) is 102 Å². The zero-order chi connectivity index (χ0) is 23.9. The topological polar surface area (TPSA) is 25.4 Å². The number of pyridine rings is 1. The van der Waals surface area contributed by atoms with Crippen LogP contribution in [0.3, 0.4) is 0 Å². The summed E-state index contributed by atoms with van der Waals surface area (Å²) >= 11 is 0. The summed E-state index contributed by atoms with van der Waals surface area (Å²) in [5.74, 6) is 1.66. The first-order valence-corrected chi connectivity index (χ1v) is 12.1. The highest BCUT2D eigenvalue weighted by molar-refractivity contribution is 6.08. The molecule has 6 aromatic rings. The van der Waals surface area contributed by atoms with Crippen LogP contribution >= 0.6 is 0 Å². The monoisotopic (exact) mass is 462 g/mol. The summed E-state index contributed by atoms with van der Waals surface area (Å²) in [6.45, 7) is 0. The molecule has 0 fully saturated rings. The van der Waals surface area contributed by atoms with Crippen molar-refractivity contribution in [3.05, 3.63) is 134 Å². The molecule has 0 aliphatic carbocycles. The number of hydrogen-bond donors (Lipinski definition) is 0. The highest BCUT2D eigenvalue weighted by atomic mass is 16.5. The minimum atomic E-state index is 0.829. The molecule has 170 valence electrons. The standard InChI is InChI=1S/C33H22N2O/c1-3-11-23(12-4-1)27-21-34-22-28(24-13-5-2-6-14-24)32(27)35-29-17-9-10-18-30(29)36-31-20-19-25-15-7-8-16-26(25)33(31)35/h1-22H. The van der Waals surface area contributed by atoms with Gasteiger partial charge in [-0.15, -0.1) is 0 Å². The molecule has 36 heavy (non-hydrogen) atoms. The van der Waals surface area contributed by atoms with Gasteiger partial charge >= 0.3 is 0 Å². The highest BCUT2D eigenvalue weighted by Gasteiger charge is 2.31. The van der Waals surface area contributed by atoms with Crippen LogP contribution in [0.4, 0.5) is 17.1 Å². The summed E-state index contributed by atoms with van der Waals surface area (Å²) in [7, 11) is 0. The highest BCUT2D eigenvalue weighted by Crippen LogP contribution is 2.56. The minimum Gasteiger partial charge on any atom is -0.453 e. The average molecular weight is 463 g/mol. The third-order valence-electron chi connectivity index (χ3n) is 6.72. The van der Waals surface area contributed by atoms with Gasteiger partial charge in [-0.2, -0.15) is 0 Å². The molecule has 0 bridgehead atoms. The summed E-state index contributed by atoms with van der Waals surface area (Å²) in [6, 6.07) is 41.9. The summed E-state index contributed by atoms with van der Waals surface area (Å²) in [5, 5.41) is 2.31. The van der Waals surface area contributed by atoms with Crippen LogP contribution in [0.15, 0.2) is 134 Å². The fourth-order valence-corrected chi connectivity index (χ4v) is 5.10. The third kappa shape index (κ3) is 3.25. The van der Waals surface area contributed by atoms with Gasteiger partial charge in [0.15, 0.2) is 11.5 Å². The summed E-state index contributed by atoms with van der Waals surface area (Å²) in [4.78, 5) is 7.07. The van der Waals surface area contributed by atoms with Gasteiger partial charge in [-0.05, 0) is 34.7 Å². The second kappa shape index (κ2) is 8.40. The van der Waals surface area contributed by atoms with Gasteiger partial charge < -0.3 is 9.64 Å². The molecule has 0 saturated heterocycles. The molecule has 2 heterocycles. The molecule has 5 aromatic carbocycles. The molecule has 3 nitrogen and oxygen atoms in total. The zero-order valence-corrected chi connectivity index (χ0v) is 19.5. The fraction of sp³-hybridized carbons (Fsp3) is 0. The molecule has 1 aliphatic rings. The summed E-state index contributed by atoms with van der Waals surface area (Å²) in [5.41, 5.74) is 7.47. The van der Waals surface area contributed by atoms with E-state index in [0.717, 1.165) is 56.2 Å². The maximum atomic E-state index is 6.47. The van der Waals surface area contributed by atoms with Gasteiger partial charge in [-0.1, -0.05) is 103 Å². The number of rotatable bonds is 3. The molecule has 7 rings (SSSR count). The molecule has 0 atom stereocenters. The Morgan fingerprint density at radius 2 is 1.11 bits per heavy atom. The van der Waals surface area contributed by atoms with Gasteiger partial charge in [0, 0.05) is 28.9 Å². The van der Waals surface area contributed by atoms with E-state index in [-0.39, 0.29) is 0 Å². The molecule has 0 saturated carbocycles. The largest absolute Gasteiger partial charge is 0.453 e. The van der Waals surface area contributed by atoms with Crippen molar-refractivity contribution in [2.24, 2.45) is 0 Å². The quantitative estimate of drug-likeness (QED) is 0.262. The lowest BCUT2D eigenvalue weighted by Gasteiger charge is -2.36. The lowest BCUT2D eigenvalue weighted by molar-refractivity contribution is 0.478. The van der Waals surface area contributed by atoms with Gasteiger partial charge in [0.1, 0.15) is 0 Å². The Hall–Kier alpha value is -4.89. The molecule has 0 radical (unpaired) electrons. The fourth-order valence-electron chi connectivity index (χ4n) is 5.10. The normalized spacial score (nSPS) is 12.1. The summed E-state index contributed by atoms with van der Waals surface area (Å²) < 4.78 is 6.47. The number of para-hydroxylation sites is 2. The first kappa shape index (κ1) is 20.5. The second-order valence-corrected chi connectivity index (χ2v) is 8.85. The van der Waals surface area contributed by atoms with Gasteiger partial charge in [0.2, 0.25) is 0 Å². The van der Waals surface area contributed by atoms with E-state index in [1.807, 2.05) is 36.7 Å². The lowest BCUT2D eigenvalue weighted by Crippen LogP contribution is -2.18. The molecule has 3 heteroatoms. The van der Waals surface area contributed by atoms with Crippen molar-refractivity contribution in [3.63, 3.8) is 0 Å². The van der Waals surface area contributed by atoms with Gasteiger partial charge in [0.25, 0.3) is 0 Å². The number of fused-ring (bicyclic) bond motifs is 4. The Morgan fingerprint density at radius 3 is 1.83 bits per heavy atom. The SMILES string of the molecule is c1ccc(-c2cncc(-c3ccccc3)c2N2c3ccccc3Oc3ccc4ccccc4c32)cc1. The van der Waals surface area contributed by atoms with E-state index >= 15 is 0 Å². The van der Waals surface area contributed by atoms with Crippen LogP contribution in [-0.2, 0) is 0 Å². The molecule has 0 N–H and O–H groups in total. The van der Waals surface area contributed by atoms with E-state index in [0.29, 0.717) is 0 Å².